The van der Waals surface area contributed by atoms with Gasteiger partial charge < -0.3 is 14.8 Å². The largest absolute Gasteiger partial charge is 0.482 e. The summed E-state index contributed by atoms with van der Waals surface area (Å²) in [7, 11) is 0. The van der Waals surface area contributed by atoms with E-state index in [0.29, 0.717) is 11.3 Å². The maximum Gasteiger partial charge on any atom is 0.344 e. The molecule has 0 atom stereocenters. The standard InChI is InChI=1S/C18H15F2NO5/c1-11(22)12-2-5-14(6-3-12)25-10-18(24)26-9-17(23)21-16-8-13(19)4-7-15(16)20/h2-8H,9-10H2,1H3,(H,21,23). The summed E-state index contributed by atoms with van der Waals surface area (Å²) in [5.41, 5.74) is 0.147. The maximum atomic E-state index is 13.4. The van der Waals surface area contributed by atoms with Crippen molar-refractivity contribution in [2.75, 3.05) is 18.5 Å². The Hall–Kier alpha value is -3.29. The molecule has 0 fully saturated rings. The molecular weight excluding hydrogens is 348 g/mol. The van der Waals surface area contributed by atoms with Crippen LogP contribution in [0.3, 0.4) is 0 Å². The van der Waals surface area contributed by atoms with Crippen molar-refractivity contribution in [2.24, 2.45) is 0 Å². The van der Waals surface area contributed by atoms with Crippen LogP contribution in [0.15, 0.2) is 42.5 Å². The highest BCUT2D eigenvalue weighted by Crippen LogP contribution is 2.15. The molecule has 0 bridgehead atoms. The van der Waals surface area contributed by atoms with Gasteiger partial charge in [0.15, 0.2) is 19.0 Å². The molecule has 0 aliphatic heterocycles. The predicted octanol–water partition coefficient (Wildman–Crippen LogP) is 2.73. The number of amides is 1. The number of benzene rings is 2. The first-order valence-electron chi connectivity index (χ1n) is 7.49. The summed E-state index contributed by atoms with van der Waals surface area (Å²) in [6.07, 6.45) is 0. The highest BCUT2D eigenvalue weighted by Gasteiger charge is 2.11. The van der Waals surface area contributed by atoms with Crippen LogP contribution in [0.5, 0.6) is 5.75 Å². The first-order chi connectivity index (χ1) is 12.3. The fourth-order valence-corrected chi connectivity index (χ4v) is 1.90. The summed E-state index contributed by atoms with van der Waals surface area (Å²) < 4.78 is 36.2. The van der Waals surface area contributed by atoms with Gasteiger partial charge in [-0.2, -0.15) is 0 Å². The number of halogens is 2. The third kappa shape index (κ3) is 5.66. The zero-order chi connectivity index (χ0) is 19.1. The SMILES string of the molecule is CC(=O)c1ccc(OCC(=O)OCC(=O)Nc2cc(F)ccc2F)cc1. The number of esters is 1. The molecule has 6 nitrogen and oxygen atoms in total. The lowest BCUT2D eigenvalue weighted by Crippen LogP contribution is -2.24. The number of hydrogen-bond donors (Lipinski definition) is 1. The molecule has 1 amide bonds. The van der Waals surface area contributed by atoms with Gasteiger partial charge in [-0.05, 0) is 43.3 Å². The molecule has 1 N–H and O–H groups in total. The van der Waals surface area contributed by atoms with Gasteiger partial charge in [0.05, 0.1) is 5.69 Å². The zero-order valence-electron chi connectivity index (χ0n) is 13.8. The van der Waals surface area contributed by atoms with E-state index >= 15 is 0 Å². The van der Waals surface area contributed by atoms with E-state index in [2.05, 4.69) is 10.1 Å². The van der Waals surface area contributed by atoms with Crippen LogP contribution in [0.25, 0.3) is 0 Å². The highest BCUT2D eigenvalue weighted by molar-refractivity contribution is 5.94. The Balaban J connectivity index is 1.76. The van der Waals surface area contributed by atoms with Crippen molar-refractivity contribution < 1.29 is 32.6 Å². The Morgan fingerprint density at radius 3 is 2.35 bits per heavy atom. The number of anilines is 1. The van der Waals surface area contributed by atoms with Crippen LogP contribution in [0, 0.1) is 11.6 Å². The second-order valence-corrected chi connectivity index (χ2v) is 5.20. The molecule has 0 aliphatic carbocycles. The number of hydrogen-bond acceptors (Lipinski definition) is 5. The molecule has 0 heterocycles. The number of ketones is 1. The summed E-state index contributed by atoms with van der Waals surface area (Å²) in [6.45, 7) is 0.288. The van der Waals surface area contributed by atoms with Gasteiger partial charge in [-0.1, -0.05) is 0 Å². The summed E-state index contributed by atoms with van der Waals surface area (Å²) in [4.78, 5) is 34.3. The lowest BCUT2D eigenvalue weighted by Gasteiger charge is -2.09. The molecule has 0 radical (unpaired) electrons. The molecule has 2 aromatic rings. The van der Waals surface area contributed by atoms with Gasteiger partial charge in [-0.3, -0.25) is 9.59 Å². The summed E-state index contributed by atoms with van der Waals surface area (Å²) in [6, 6.07) is 8.71. The number of rotatable bonds is 7. The molecule has 0 aromatic heterocycles. The van der Waals surface area contributed by atoms with Gasteiger partial charge in [0, 0.05) is 11.6 Å². The average molecular weight is 363 g/mol. The Morgan fingerprint density at radius 1 is 1.00 bits per heavy atom. The number of nitrogens with one attached hydrogen (secondary N) is 1. The van der Waals surface area contributed by atoms with Crippen molar-refractivity contribution in [2.45, 2.75) is 6.92 Å². The second-order valence-electron chi connectivity index (χ2n) is 5.20. The van der Waals surface area contributed by atoms with Crippen LogP contribution in [0.4, 0.5) is 14.5 Å². The molecule has 2 rings (SSSR count). The van der Waals surface area contributed by atoms with E-state index < -0.39 is 36.7 Å². The van der Waals surface area contributed by atoms with Crippen LogP contribution < -0.4 is 10.1 Å². The van der Waals surface area contributed by atoms with E-state index in [4.69, 9.17) is 4.74 Å². The normalized spacial score (nSPS) is 10.1. The number of Topliss-reactive ketones (excluding diaryl/α,β-unsaturated/α-hetero) is 1. The van der Waals surface area contributed by atoms with Gasteiger partial charge in [0.25, 0.3) is 5.91 Å². The van der Waals surface area contributed by atoms with Gasteiger partial charge in [-0.15, -0.1) is 0 Å². The van der Waals surface area contributed by atoms with E-state index in [1.807, 2.05) is 0 Å². The number of carbonyl (C=O) groups excluding carboxylic acids is 3. The Bertz CT molecular complexity index is 821. The quantitative estimate of drug-likeness (QED) is 0.604. The topological polar surface area (TPSA) is 81.7 Å². The molecular formula is C18H15F2NO5. The molecule has 8 heteroatoms. The van der Waals surface area contributed by atoms with Gasteiger partial charge in [0.1, 0.15) is 17.4 Å². The number of carbonyl (C=O) groups is 3. The van der Waals surface area contributed by atoms with Crippen LogP contribution in [0.2, 0.25) is 0 Å². The fraction of sp³-hybridized carbons (Fsp3) is 0.167. The number of ether oxygens (including phenoxy) is 2. The first kappa shape index (κ1) is 19.0. The Morgan fingerprint density at radius 2 is 1.69 bits per heavy atom. The van der Waals surface area contributed by atoms with E-state index in [0.717, 1.165) is 18.2 Å². The summed E-state index contributed by atoms with van der Waals surface area (Å²) in [5.74, 6) is -2.94. The predicted molar refractivity (Wildman–Crippen MR) is 87.9 cm³/mol. The molecule has 0 spiro atoms. The smallest absolute Gasteiger partial charge is 0.344 e. The summed E-state index contributed by atoms with van der Waals surface area (Å²) >= 11 is 0. The maximum absolute atomic E-state index is 13.4. The Kier molecular flexibility index (Phi) is 6.37. The van der Waals surface area contributed by atoms with Crippen molar-refractivity contribution in [3.05, 3.63) is 59.7 Å². The lowest BCUT2D eigenvalue weighted by atomic mass is 10.1. The second kappa shape index (κ2) is 8.70. The van der Waals surface area contributed by atoms with E-state index in [1.54, 1.807) is 12.1 Å². The van der Waals surface area contributed by atoms with Crippen LogP contribution in [0.1, 0.15) is 17.3 Å². The van der Waals surface area contributed by atoms with Gasteiger partial charge in [0.2, 0.25) is 0 Å². The zero-order valence-corrected chi connectivity index (χ0v) is 13.8. The summed E-state index contributed by atoms with van der Waals surface area (Å²) in [5, 5.41) is 2.09. The lowest BCUT2D eigenvalue weighted by molar-refractivity contribution is -0.149. The minimum absolute atomic E-state index is 0.100. The van der Waals surface area contributed by atoms with Crippen molar-refractivity contribution >= 4 is 23.3 Å². The molecule has 0 saturated heterocycles. The first-order valence-corrected chi connectivity index (χ1v) is 7.49. The minimum atomic E-state index is -0.825. The van der Waals surface area contributed by atoms with Crippen molar-refractivity contribution in [1.29, 1.82) is 0 Å². The van der Waals surface area contributed by atoms with E-state index in [-0.39, 0.29) is 11.5 Å². The highest BCUT2D eigenvalue weighted by atomic mass is 19.1. The third-order valence-corrected chi connectivity index (χ3v) is 3.18. The molecule has 0 saturated carbocycles. The minimum Gasteiger partial charge on any atom is -0.482 e. The molecule has 136 valence electrons. The van der Waals surface area contributed by atoms with Crippen LogP contribution in [-0.2, 0) is 14.3 Å². The Labute approximate surface area is 147 Å². The van der Waals surface area contributed by atoms with Crippen LogP contribution in [-0.4, -0.2) is 30.9 Å². The monoisotopic (exact) mass is 363 g/mol. The van der Waals surface area contributed by atoms with E-state index in [1.165, 1.54) is 19.1 Å². The fourth-order valence-electron chi connectivity index (χ4n) is 1.90. The third-order valence-electron chi connectivity index (χ3n) is 3.18. The van der Waals surface area contributed by atoms with E-state index in [9.17, 15) is 23.2 Å². The van der Waals surface area contributed by atoms with Crippen molar-refractivity contribution in [3.8, 4) is 5.75 Å². The average Bonchev–Trinajstić information content (AvgIpc) is 2.61. The molecule has 26 heavy (non-hydrogen) atoms. The molecule has 0 unspecified atom stereocenters. The van der Waals surface area contributed by atoms with Crippen LogP contribution >= 0.6 is 0 Å². The van der Waals surface area contributed by atoms with Crippen molar-refractivity contribution in [1.82, 2.24) is 0 Å². The van der Waals surface area contributed by atoms with Crippen molar-refractivity contribution in [3.63, 3.8) is 0 Å². The van der Waals surface area contributed by atoms with Gasteiger partial charge in [-0.25, -0.2) is 13.6 Å². The molecule has 0 aliphatic rings. The molecule has 2 aromatic carbocycles. The van der Waals surface area contributed by atoms with Gasteiger partial charge >= 0.3 is 5.97 Å².